The highest BCUT2D eigenvalue weighted by Gasteiger charge is 2.46. The molecular formula is C20H26FNO. The number of likely N-dealkylation sites (tertiary alicyclic amines) is 1. The number of nitrogens with zero attached hydrogens (tertiary/aromatic N) is 1. The Morgan fingerprint density at radius 1 is 1.26 bits per heavy atom. The number of piperidine rings is 1. The van der Waals surface area contributed by atoms with E-state index in [4.69, 9.17) is 0 Å². The van der Waals surface area contributed by atoms with Gasteiger partial charge in [-0.3, -0.25) is 0 Å². The molecule has 1 aliphatic carbocycles. The molecule has 1 fully saturated rings. The van der Waals surface area contributed by atoms with Crippen molar-refractivity contribution in [1.82, 2.24) is 4.90 Å². The van der Waals surface area contributed by atoms with E-state index in [0.29, 0.717) is 5.92 Å². The maximum atomic E-state index is 14.0. The number of hydrogen-bond acceptors (Lipinski definition) is 2. The van der Waals surface area contributed by atoms with Crippen LogP contribution >= 0.6 is 0 Å². The number of rotatable bonds is 3. The van der Waals surface area contributed by atoms with Gasteiger partial charge in [0.25, 0.3) is 0 Å². The van der Waals surface area contributed by atoms with E-state index in [1.54, 1.807) is 6.07 Å². The van der Waals surface area contributed by atoms with Gasteiger partial charge >= 0.3 is 0 Å². The third-order valence-electron chi connectivity index (χ3n) is 5.70. The molecule has 1 aromatic rings. The fourth-order valence-electron chi connectivity index (χ4n) is 4.46. The van der Waals surface area contributed by atoms with E-state index < -0.39 is 0 Å². The zero-order valence-electron chi connectivity index (χ0n) is 14.0. The van der Waals surface area contributed by atoms with E-state index in [9.17, 15) is 9.50 Å². The van der Waals surface area contributed by atoms with Crippen LogP contribution in [0.4, 0.5) is 4.39 Å². The molecule has 1 heterocycles. The van der Waals surface area contributed by atoms with E-state index in [-0.39, 0.29) is 22.9 Å². The first kappa shape index (κ1) is 16.3. The lowest BCUT2D eigenvalue weighted by molar-refractivity contribution is 0.139. The van der Waals surface area contributed by atoms with Gasteiger partial charge in [0.1, 0.15) is 11.6 Å². The molecule has 0 bridgehead atoms. The van der Waals surface area contributed by atoms with Gasteiger partial charge in [0, 0.05) is 11.0 Å². The Balaban J connectivity index is 2.12. The molecule has 0 radical (unpaired) electrons. The Labute approximate surface area is 138 Å². The van der Waals surface area contributed by atoms with Crippen LogP contribution in [0.15, 0.2) is 42.5 Å². The van der Waals surface area contributed by atoms with Crippen LogP contribution in [0.3, 0.4) is 0 Å². The van der Waals surface area contributed by atoms with Crippen LogP contribution in [-0.2, 0) is 5.41 Å². The summed E-state index contributed by atoms with van der Waals surface area (Å²) in [7, 11) is 2.15. The van der Waals surface area contributed by atoms with Crippen LogP contribution in [0, 0.1) is 17.7 Å². The second-order valence-corrected chi connectivity index (χ2v) is 6.93. The molecule has 0 spiro atoms. The predicted molar refractivity (Wildman–Crippen MR) is 92.0 cm³/mol. The van der Waals surface area contributed by atoms with Crippen LogP contribution in [0.5, 0.6) is 5.75 Å². The van der Waals surface area contributed by atoms with Gasteiger partial charge in [-0.15, -0.1) is 0 Å². The second-order valence-electron chi connectivity index (χ2n) is 6.93. The first-order valence-corrected chi connectivity index (χ1v) is 8.61. The standard InChI is InChI=1S/C20H26FNO/c1-3-15-6-4-5-11-20(15,16-9-12-22(2)13-10-16)18-14-17(21)7-8-19(18)23/h4-8,11,14-16,23H,3,9-10,12-13H2,1-2H3. The van der Waals surface area contributed by atoms with Crippen molar-refractivity contribution in [3.63, 3.8) is 0 Å². The maximum Gasteiger partial charge on any atom is 0.123 e. The molecule has 1 saturated heterocycles. The minimum Gasteiger partial charge on any atom is -0.508 e. The van der Waals surface area contributed by atoms with Crippen LogP contribution in [0.2, 0.25) is 0 Å². The lowest BCUT2D eigenvalue weighted by Crippen LogP contribution is -2.46. The summed E-state index contributed by atoms with van der Waals surface area (Å²) in [4.78, 5) is 2.35. The number of aromatic hydroxyl groups is 1. The van der Waals surface area contributed by atoms with Gasteiger partial charge in [0.15, 0.2) is 0 Å². The summed E-state index contributed by atoms with van der Waals surface area (Å²) in [6.07, 6.45) is 11.7. The van der Waals surface area contributed by atoms with Crippen molar-refractivity contribution in [2.24, 2.45) is 11.8 Å². The van der Waals surface area contributed by atoms with Crippen LogP contribution in [0.1, 0.15) is 31.7 Å². The monoisotopic (exact) mass is 315 g/mol. The molecule has 0 amide bonds. The van der Waals surface area contributed by atoms with E-state index >= 15 is 0 Å². The molecule has 2 atom stereocenters. The molecule has 124 valence electrons. The average Bonchev–Trinajstić information content (AvgIpc) is 2.57. The third-order valence-corrected chi connectivity index (χ3v) is 5.70. The maximum absolute atomic E-state index is 14.0. The number of phenols is 1. The molecule has 0 aromatic heterocycles. The third kappa shape index (κ3) is 2.83. The SMILES string of the molecule is CCC1C=CC=CC1(c1cc(F)ccc1O)C1CCN(C)CC1. The van der Waals surface area contributed by atoms with Gasteiger partial charge in [0.05, 0.1) is 0 Å². The first-order chi connectivity index (χ1) is 11.1. The highest BCUT2D eigenvalue weighted by molar-refractivity contribution is 5.47. The van der Waals surface area contributed by atoms with Gasteiger partial charge in [-0.1, -0.05) is 31.2 Å². The van der Waals surface area contributed by atoms with E-state index in [2.05, 4.69) is 43.2 Å². The van der Waals surface area contributed by atoms with E-state index in [1.807, 2.05) is 0 Å². The summed E-state index contributed by atoms with van der Waals surface area (Å²) in [5, 5.41) is 10.5. The molecule has 1 aromatic carbocycles. The Kier molecular flexibility index (Phi) is 4.58. The number of hydrogen-bond donors (Lipinski definition) is 1. The summed E-state index contributed by atoms with van der Waals surface area (Å²) in [5.41, 5.74) is 0.441. The lowest BCUT2D eigenvalue weighted by Gasteiger charge is -2.48. The van der Waals surface area contributed by atoms with Gasteiger partial charge in [-0.05, 0) is 69.4 Å². The molecule has 23 heavy (non-hydrogen) atoms. The van der Waals surface area contributed by atoms with Crippen molar-refractivity contribution >= 4 is 0 Å². The summed E-state index contributed by atoms with van der Waals surface area (Å²) < 4.78 is 14.0. The molecule has 1 aliphatic heterocycles. The zero-order valence-corrected chi connectivity index (χ0v) is 14.0. The lowest BCUT2D eigenvalue weighted by atomic mass is 9.57. The van der Waals surface area contributed by atoms with Crippen molar-refractivity contribution in [3.05, 3.63) is 53.9 Å². The van der Waals surface area contributed by atoms with E-state index in [0.717, 1.165) is 37.9 Å². The normalized spacial score (nSPS) is 29.1. The van der Waals surface area contributed by atoms with Crippen molar-refractivity contribution < 1.29 is 9.50 Å². The van der Waals surface area contributed by atoms with Crippen molar-refractivity contribution in [2.75, 3.05) is 20.1 Å². The van der Waals surface area contributed by atoms with Gasteiger partial charge < -0.3 is 10.0 Å². The number of halogens is 1. The summed E-state index contributed by atoms with van der Waals surface area (Å²) >= 11 is 0. The molecule has 0 saturated carbocycles. The molecule has 2 nitrogen and oxygen atoms in total. The minimum atomic E-state index is -0.309. The van der Waals surface area contributed by atoms with Crippen molar-refractivity contribution in [1.29, 1.82) is 0 Å². The molecular weight excluding hydrogens is 289 g/mol. The zero-order chi connectivity index (χ0) is 16.4. The number of phenolic OH excluding ortho intramolecular Hbond substituents is 1. The van der Waals surface area contributed by atoms with Crippen molar-refractivity contribution in [3.8, 4) is 5.75 Å². The average molecular weight is 315 g/mol. The quantitative estimate of drug-likeness (QED) is 0.901. The number of allylic oxidation sites excluding steroid dienone is 4. The minimum absolute atomic E-state index is 0.212. The van der Waals surface area contributed by atoms with Crippen LogP contribution < -0.4 is 0 Å². The largest absolute Gasteiger partial charge is 0.508 e. The highest BCUT2D eigenvalue weighted by Crippen LogP contribution is 2.51. The predicted octanol–water partition coefficient (Wildman–Crippen LogP) is 4.26. The van der Waals surface area contributed by atoms with Gasteiger partial charge in [0.2, 0.25) is 0 Å². The number of benzene rings is 1. The van der Waals surface area contributed by atoms with Crippen LogP contribution in [-0.4, -0.2) is 30.1 Å². The van der Waals surface area contributed by atoms with Gasteiger partial charge in [-0.2, -0.15) is 0 Å². The van der Waals surface area contributed by atoms with Crippen LogP contribution in [0.25, 0.3) is 0 Å². The molecule has 1 N–H and O–H groups in total. The molecule has 3 heteroatoms. The summed E-state index contributed by atoms with van der Waals surface area (Å²) in [6.45, 7) is 4.28. The van der Waals surface area contributed by atoms with E-state index in [1.165, 1.54) is 12.1 Å². The fourth-order valence-corrected chi connectivity index (χ4v) is 4.46. The molecule has 2 unspecified atom stereocenters. The Bertz CT molecular complexity index is 616. The first-order valence-electron chi connectivity index (χ1n) is 8.61. The fraction of sp³-hybridized carbons (Fsp3) is 0.500. The summed E-state index contributed by atoms with van der Waals surface area (Å²) in [5.74, 6) is 0.637. The Hall–Kier alpha value is -1.61. The molecule has 2 aliphatic rings. The Morgan fingerprint density at radius 3 is 2.70 bits per heavy atom. The highest BCUT2D eigenvalue weighted by atomic mass is 19.1. The van der Waals surface area contributed by atoms with Crippen molar-refractivity contribution in [2.45, 2.75) is 31.6 Å². The Morgan fingerprint density at radius 2 is 2.00 bits per heavy atom. The smallest absolute Gasteiger partial charge is 0.123 e. The second kappa shape index (κ2) is 6.48. The van der Waals surface area contributed by atoms with Gasteiger partial charge in [-0.25, -0.2) is 4.39 Å². The summed E-state index contributed by atoms with van der Waals surface area (Å²) in [6, 6.07) is 4.38. The topological polar surface area (TPSA) is 23.5 Å². The molecule has 3 rings (SSSR count).